The van der Waals surface area contributed by atoms with Crippen molar-refractivity contribution in [1.82, 2.24) is 5.32 Å². The van der Waals surface area contributed by atoms with Crippen molar-refractivity contribution in [3.05, 3.63) is 29.3 Å². The molecule has 1 aliphatic rings. The van der Waals surface area contributed by atoms with Gasteiger partial charge in [0.05, 0.1) is 19.4 Å². The predicted octanol–water partition coefficient (Wildman–Crippen LogP) is 1.79. The number of hydrogen-bond acceptors (Lipinski definition) is 4. The number of benzene rings is 1. The van der Waals surface area contributed by atoms with Crippen LogP contribution < -0.4 is 10.1 Å². The highest BCUT2D eigenvalue weighted by atomic mass is 16.5. The van der Waals surface area contributed by atoms with Gasteiger partial charge < -0.3 is 19.9 Å². The zero-order valence-corrected chi connectivity index (χ0v) is 14.2. The first-order chi connectivity index (χ1) is 11.5. The summed E-state index contributed by atoms with van der Waals surface area (Å²) < 4.78 is 10.5. The van der Waals surface area contributed by atoms with E-state index in [1.165, 1.54) is 0 Å². The van der Waals surface area contributed by atoms with Gasteiger partial charge in [0.1, 0.15) is 5.75 Å². The highest BCUT2D eigenvalue weighted by Gasteiger charge is 2.30. The molecule has 1 atom stereocenters. The highest BCUT2D eigenvalue weighted by molar-refractivity contribution is 5.80. The fraction of sp³-hybridized carbons (Fsp3) is 0.556. The Morgan fingerprint density at radius 1 is 1.38 bits per heavy atom. The summed E-state index contributed by atoms with van der Waals surface area (Å²) in [5, 5.41) is 12.2. The smallest absolute Gasteiger partial charge is 0.308 e. The number of aliphatic carboxylic acids is 1. The van der Waals surface area contributed by atoms with Crippen LogP contribution in [0.15, 0.2) is 18.2 Å². The molecule has 6 nitrogen and oxygen atoms in total. The maximum Gasteiger partial charge on any atom is 0.308 e. The van der Waals surface area contributed by atoms with E-state index in [0.29, 0.717) is 19.0 Å². The van der Waals surface area contributed by atoms with Crippen LogP contribution in [0.2, 0.25) is 0 Å². The van der Waals surface area contributed by atoms with Gasteiger partial charge in [-0.25, -0.2) is 0 Å². The van der Waals surface area contributed by atoms with E-state index in [0.717, 1.165) is 24.0 Å². The lowest BCUT2D eigenvalue weighted by Crippen LogP contribution is -2.39. The molecule has 1 aliphatic heterocycles. The van der Waals surface area contributed by atoms with Crippen LogP contribution in [-0.2, 0) is 20.7 Å². The monoisotopic (exact) mass is 335 g/mol. The zero-order chi connectivity index (χ0) is 17.5. The van der Waals surface area contributed by atoms with E-state index >= 15 is 0 Å². The fourth-order valence-electron chi connectivity index (χ4n) is 3.08. The fourth-order valence-corrected chi connectivity index (χ4v) is 3.08. The Labute approximate surface area is 142 Å². The number of carboxylic acid groups (broad SMARTS) is 1. The number of ether oxygens (including phenoxy) is 2. The van der Waals surface area contributed by atoms with Crippen molar-refractivity contribution in [2.45, 2.75) is 26.2 Å². The molecule has 1 unspecified atom stereocenters. The summed E-state index contributed by atoms with van der Waals surface area (Å²) in [5.41, 5.74) is 1.84. The van der Waals surface area contributed by atoms with Gasteiger partial charge in [-0.15, -0.1) is 0 Å². The quantitative estimate of drug-likeness (QED) is 0.793. The van der Waals surface area contributed by atoms with Gasteiger partial charge in [-0.2, -0.15) is 0 Å². The van der Waals surface area contributed by atoms with Crippen LogP contribution in [0.3, 0.4) is 0 Å². The van der Waals surface area contributed by atoms with Gasteiger partial charge >= 0.3 is 5.97 Å². The molecule has 1 aromatic rings. The zero-order valence-electron chi connectivity index (χ0n) is 14.2. The Bertz CT molecular complexity index is 581. The van der Waals surface area contributed by atoms with Crippen molar-refractivity contribution in [3.8, 4) is 5.75 Å². The summed E-state index contributed by atoms with van der Waals surface area (Å²) in [6.45, 7) is 3.27. The summed E-state index contributed by atoms with van der Waals surface area (Å²) >= 11 is 0. The Balaban J connectivity index is 1.93. The number of rotatable bonds is 7. The molecule has 0 saturated carbocycles. The molecule has 0 radical (unpaired) electrons. The maximum atomic E-state index is 12.2. The van der Waals surface area contributed by atoms with Gasteiger partial charge in [0.2, 0.25) is 5.91 Å². The minimum absolute atomic E-state index is 0.0463. The largest absolute Gasteiger partial charge is 0.496 e. The van der Waals surface area contributed by atoms with E-state index in [1.54, 1.807) is 7.11 Å². The van der Waals surface area contributed by atoms with Crippen LogP contribution in [0, 0.1) is 18.8 Å². The molecule has 0 bridgehead atoms. The van der Waals surface area contributed by atoms with Crippen LogP contribution in [0.1, 0.15) is 24.0 Å². The molecular formula is C18H25NO5. The summed E-state index contributed by atoms with van der Waals surface area (Å²) in [7, 11) is 1.57. The number of amides is 1. The molecule has 1 aromatic carbocycles. The molecule has 1 fully saturated rings. The molecule has 0 spiro atoms. The number of methoxy groups -OCH3 is 1. The molecular weight excluding hydrogens is 310 g/mol. The summed E-state index contributed by atoms with van der Waals surface area (Å²) in [6, 6.07) is 5.66. The van der Waals surface area contributed by atoms with Crippen LogP contribution >= 0.6 is 0 Å². The second kappa shape index (κ2) is 8.68. The average molecular weight is 335 g/mol. The molecule has 1 amide bonds. The Kier molecular flexibility index (Phi) is 6.61. The molecule has 1 heterocycles. The molecule has 24 heavy (non-hydrogen) atoms. The lowest BCUT2D eigenvalue weighted by atomic mass is 9.86. The SMILES string of the molecule is COc1ccc(C)cc1CC(=O)NCC(C(=O)O)C1CCOCC1. The van der Waals surface area contributed by atoms with Crippen LogP contribution in [0.25, 0.3) is 0 Å². The third-order valence-electron chi connectivity index (χ3n) is 4.46. The Morgan fingerprint density at radius 2 is 2.08 bits per heavy atom. The minimum atomic E-state index is -0.865. The summed E-state index contributed by atoms with van der Waals surface area (Å²) in [5.74, 6) is -0.926. The standard InChI is InChI=1S/C18H25NO5/c1-12-3-4-16(23-2)14(9-12)10-17(20)19-11-15(18(21)22)13-5-7-24-8-6-13/h3-4,9,13,15H,5-8,10-11H2,1-2H3,(H,19,20)(H,21,22). The van der Waals surface area contributed by atoms with E-state index in [-0.39, 0.29) is 24.8 Å². The molecule has 6 heteroatoms. The lowest BCUT2D eigenvalue weighted by molar-refractivity contribution is -0.144. The molecule has 2 N–H and O–H groups in total. The molecule has 132 valence electrons. The first-order valence-corrected chi connectivity index (χ1v) is 8.22. The van der Waals surface area contributed by atoms with Crippen molar-refractivity contribution < 1.29 is 24.2 Å². The minimum Gasteiger partial charge on any atom is -0.496 e. The number of carbonyl (C=O) groups is 2. The number of carbonyl (C=O) groups excluding carboxylic acids is 1. The normalized spacial score (nSPS) is 16.4. The lowest BCUT2D eigenvalue weighted by Gasteiger charge is -2.27. The van der Waals surface area contributed by atoms with E-state index < -0.39 is 11.9 Å². The summed E-state index contributed by atoms with van der Waals surface area (Å²) in [4.78, 5) is 23.7. The first kappa shape index (κ1) is 18.3. The maximum absolute atomic E-state index is 12.2. The molecule has 0 aliphatic carbocycles. The van der Waals surface area contributed by atoms with Gasteiger partial charge in [0.25, 0.3) is 0 Å². The third-order valence-corrected chi connectivity index (χ3v) is 4.46. The summed E-state index contributed by atoms with van der Waals surface area (Å²) in [6.07, 6.45) is 1.61. The van der Waals surface area contributed by atoms with E-state index in [4.69, 9.17) is 9.47 Å². The molecule has 2 rings (SSSR count). The predicted molar refractivity (Wildman–Crippen MR) is 89.1 cm³/mol. The number of nitrogens with one attached hydrogen (secondary N) is 1. The first-order valence-electron chi connectivity index (χ1n) is 8.22. The number of hydrogen-bond donors (Lipinski definition) is 2. The van der Waals surface area contributed by atoms with Gasteiger partial charge in [0.15, 0.2) is 0 Å². The second-order valence-electron chi connectivity index (χ2n) is 6.19. The van der Waals surface area contributed by atoms with Gasteiger partial charge in [-0.1, -0.05) is 17.7 Å². The second-order valence-corrected chi connectivity index (χ2v) is 6.19. The Hall–Kier alpha value is -2.08. The number of aryl methyl sites for hydroxylation is 1. The van der Waals surface area contributed by atoms with Crippen LogP contribution in [0.4, 0.5) is 0 Å². The van der Waals surface area contributed by atoms with E-state index in [2.05, 4.69) is 5.32 Å². The van der Waals surface area contributed by atoms with Gasteiger partial charge in [-0.05, 0) is 31.7 Å². The van der Waals surface area contributed by atoms with Crippen molar-refractivity contribution in [1.29, 1.82) is 0 Å². The topological polar surface area (TPSA) is 84.9 Å². The molecule has 1 saturated heterocycles. The van der Waals surface area contributed by atoms with Gasteiger partial charge in [-0.3, -0.25) is 9.59 Å². The Morgan fingerprint density at radius 3 is 2.71 bits per heavy atom. The van der Waals surface area contributed by atoms with E-state index in [1.807, 2.05) is 25.1 Å². The number of carboxylic acids is 1. The third kappa shape index (κ3) is 4.96. The van der Waals surface area contributed by atoms with Crippen LogP contribution in [0.5, 0.6) is 5.75 Å². The van der Waals surface area contributed by atoms with Crippen molar-refractivity contribution in [2.24, 2.45) is 11.8 Å². The molecule has 0 aromatic heterocycles. The van der Waals surface area contributed by atoms with Crippen molar-refractivity contribution >= 4 is 11.9 Å². The van der Waals surface area contributed by atoms with Crippen LogP contribution in [-0.4, -0.2) is 43.9 Å². The van der Waals surface area contributed by atoms with E-state index in [9.17, 15) is 14.7 Å². The van der Waals surface area contributed by atoms with Gasteiger partial charge in [0, 0.05) is 25.3 Å². The highest BCUT2D eigenvalue weighted by Crippen LogP contribution is 2.24. The van der Waals surface area contributed by atoms with Crippen molar-refractivity contribution in [2.75, 3.05) is 26.9 Å². The van der Waals surface area contributed by atoms with Crippen molar-refractivity contribution in [3.63, 3.8) is 0 Å². The average Bonchev–Trinajstić information content (AvgIpc) is 2.56.